The lowest BCUT2D eigenvalue weighted by atomic mass is 9.77. The molecule has 0 aromatic rings. The van der Waals surface area contributed by atoms with Gasteiger partial charge in [-0.15, -0.1) is 6.58 Å². The zero-order valence-corrected chi connectivity index (χ0v) is 27.0. The minimum absolute atomic E-state index is 0.608. The van der Waals surface area contributed by atoms with Crippen LogP contribution in [0.1, 0.15) is 105 Å². The predicted octanol–water partition coefficient (Wildman–Crippen LogP) is 12.1. The maximum absolute atomic E-state index is 4.39. The van der Waals surface area contributed by atoms with Crippen LogP contribution in [0.4, 0.5) is 0 Å². The lowest BCUT2D eigenvalue weighted by Gasteiger charge is -2.31. The van der Waals surface area contributed by atoms with Gasteiger partial charge in [0.05, 0.1) is 0 Å². The van der Waals surface area contributed by atoms with Gasteiger partial charge in [-0.2, -0.15) is 0 Å². The summed E-state index contributed by atoms with van der Waals surface area (Å²) in [6.07, 6.45) is 32.3. The Morgan fingerprint density at radius 1 is 1.00 bits per heavy atom. The molecule has 1 nitrogen and oxygen atoms in total. The second-order valence-corrected chi connectivity index (χ2v) is 12.1. The van der Waals surface area contributed by atoms with Crippen molar-refractivity contribution in [2.24, 2.45) is 11.8 Å². The molecule has 0 bridgehead atoms. The third kappa shape index (κ3) is 12.6. The Hall–Kier alpha value is -3.06. The summed E-state index contributed by atoms with van der Waals surface area (Å²) >= 11 is 0. The van der Waals surface area contributed by atoms with Gasteiger partial charge >= 0.3 is 0 Å². The number of hydrogen-bond acceptors (Lipinski definition) is 1. The molecule has 0 fully saturated rings. The van der Waals surface area contributed by atoms with E-state index >= 15 is 0 Å². The Kier molecular flexibility index (Phi) is 15.3. The largest absolute Gasteiger partial charge is 0.363 e. The zero-order valence-electron chi connectivity index (χ0n) is 27.0. The first kappa shape index (κ1) is 34.1. The third-order valence-corrected chi connectivity index (χ3v) is 8.30. The quantitative estimate of drug-likeness (QED) is 0.108. The molecule has 2 atom stereocenters. The van der Waals surface area contributed by atoms with Crippen LogP contribution in [0.2, 0.25) is 0 Å². The third-order valence-electron chi connectivity index (χ3n) is 8.30. The van der Waals surface area contributed by atoms with E-state index in [2.05, 4.69) is 121 Å². The van der Waals surface area contributed by atoms with Gasteiger partial charge in [0.1, 0.15) is 0 Å². The van der Waals surface area contributed by atoms with E-state index in [1.165, 1.54) is 53.7 Å². The normalized spacial score (nSPS) is 20.1. The van der Waals surface area contributed by atoms with Gasteiger partial charge in [0, 0.05) is 11.4 Å². The van der Waals surface area contributed by atoms with E-state index in [0.29, 0.717) is 11.8 Å². The molecular formula is C40H57N. The second kappa shape index (κ2) is 18.4. The van der Waals surface area contributed by atoms with Crippen LogP contribution in [0, 0.1) is 11.8 Å². The van der Waals surface area contributed by atoms with Crippen molar-refractivity contribution in [1.82, 2.24) is 5.32 Å². The van der Waals surface area contributed by atoms with Crippen molar-refractivity contribution >= 4 is 0 Å². The summed E-state index contributed by atoms with van der Waals surface area (Å²) in [7, 11) is 0. The summed E-state index contributed by atoms with van der Waals surface area (Å²) in [5.41, 5.74) is 11.5. The summed E-state index contributed by atoms with van der Waals surface area (Å²) in [6, 6.07) is 0. The Morgan fingerprint density at radius 2 is 1.73 bits per heavy atom. The minimum atomic E-state index is 0.608. The van der Waals surface area contributed by atoms with Crippen LogP contribution in [0.5, 0.6) is 0 Å². The van der Waals surface area contributed by atoms with E-state index in [9.17, 15) is 0 Å². The van der Waals surface area contributed by atoms with Gasteiger partial charge in [-0.25, -0.2) is 0 Å². The Bertz CT molecular complexity index is 1150. The Labute approximate surface area is 253 Å². The van der Waals surface area contributed by atoms with Crippen molar-refractivity contribution in [1.29, 1.82) is 0 Å². The highest BCUT2D eigenvalue weighted by molar-refractivity contribution is 5.41. The summed E-state index contributed by atoms with van der Waals surface area (Å²) in [6.45, 7) is 27.9. The zero-order chi connectivity index (χ0) is 30.2. The molecule has 41 heavy (non-hydrogen) atoms. The first-order chi connectivity index (χ1) is 19.6. The van der Waals surface area contributed by atoms with E-state index in [4.69, 9.17) is 0 Å². The molecule has 0 saturated carbocycles. The summed E-state index contributed by atoms with van der Waals surface area (Å²) in [5.74, 6) is 1.24. The van der Waals surface area contributed by atoms with Gasteiger partial charge < -0.3 is 5.32 Å². The van der Waals surface area contributed by atoms with Crippen molar-refractivity contribution in [3.05, 3.63) is 131 Å². The molecule has 2 aliphatic carbocycles. The van der Waals surface area contributed by atoms with Gasteiger partial charge in [0.15, 0.2) is 0 Å². The monoisotopic (exact) mass is 551 g/mol. The van der Waals surface area contributed by atoms with Crippen LogP contribution in [0.15, 0.2) is 131 Å². The smallest absolute Gasteiger partial charge is 0.0181 e. The highest BCUT2D eigenvalue weighted by Gasteiger charge is 2.24. The fourth-order valence-electron chi connectivity index (χ4n) is 5.50. The van der Waals surface area contributed by atoms with E-state index in [-0.39, 0.29) is 0 Å². The molecule has 1 heteroatoms. The number of hydrogen-bond donors (Lipinski definition) is 1. The number of allylic oxidation sites excluding steroid dienone is 18. The molecule has 2 unspecified atom stereocenters. The van der Waals surface area contributed by atoms with E-state index < -0.39 is 0 Å². The first-order valence-corrected chi connectivity index (χ1v) is 15.9. The molecule has 0 radical (unpaired) electrons. The SMILES string of the molecule is C=C(C)CCC(=C)C(=C)CCC(=C)NC1=C(/C=C/C=C/C(=C\C)C(/C)=C/CCCC)CC(C2=CC=CC(C)C2)CC1. The maximum Gasteiger partial charge on any atom is 0.0181 e. The molecule has 2 rings (SSSR count). The highest BCUT2D eigenvalue weighted by Crippen LogP contribution is 2.38. The molecule has 0 aromatic carbocycles. The summed E-state index contributed by atoms with van der Waals surface area (Å²) in [5, 5.41) is 3.72. The van der Waals surface area contributed by atoms with Gasteiger partial charge in [0.2, 0.25) is 0 Å². The minimum Gasteiger partial charge on any atom is -0.363 e. The van der Waals surface area contributed by atoms with Crippen molar-refractivity contribution < 1.29 is 0 Å². The Balaban J connectivity index is 2.14. The fourth-order valence-corrected chi connectivity index (χ4v) is 5.50. The van der Waals surface area contributed by atoms with Gasteiger partial charge in [-0.05, 0) is 107 Å². The fraction of sp³-hybridized carbons (Fsp3) is 0.450. The molecule has 0 saturated heterocycles. The molecule has 1 N–H and O–H groups in total. The second-order valence-electron chi connectivity index (χ2n) is 12.1. The van der Waals surface area contributed by atoms with Crippen LogP contribution < -0.4 is 5.32 Å². The standard InChI is InChI=1S/C40H57N/c1-10-12-13-18-34(8)36(11-2)19-14-15-20-39-29-38(37-21-16-17-31(5)28-37)26-27-40(39)41-35(9)25-24-33(7)32(6)23-22-30(3)4/h11,14-21,31,38,41H,3,6-7,9-10,12-13,22-29H2,1-2,4-5,8H3/b19-14+,20-15+,34-18+,36-11+. The molecule has 0 spiro atoms. The van der Waals surface area contributed by atoms with Crippen molar-refractivity contribution in [3.8, 4) is 0 Å². The number of rotatable bonds is 17. The summed E-state index contributed by atoms with van der Waals surface area (Å²) < 4.78 is 0. The molecular weight excluding hydrogens is 494 g/mol. The highest BCUT2D eigenvalue weighted by atomic mass is 14.9. The molecule has 0 aliphatic heterocycles. The molecule has 222 valence electrons. The van der Waals surface area contributed by atoms with E-state index in [1.807, 2.05) is 0 Å². The lowest BCUT2D eigenvalue weighted by Crippen LogP contribution is -2.22. The summed E-state index contributed by atoms with van der Waals surface area (Å²) in [4.78, 5) is 0. The molecule has 0 aromatic heterocycles. The van der Waals surface area contributed by atoms with Crippen LogP contribution in [-0.4, -0.2) is 0 Å². The molecule has 2 aliphatic rings. The van der Waals surface area contributed by atoms with Crippen molar-refractivity contribution in [2.75, 3.05) is 0 Å². The maximum atomic E-state index is 4.39. The van der Waals surface area contributed by atoms with Gasteiger partial charge in [-0.3, -0.25) is 0 Å². The molecule has 0 heterocycles. The number of unbranched alkanes of at least 4 members (excludes halogenated alkanes) is 2. The molecule has 0 amide bonds. The van der Waals surface area contributed by atoms with Crippen LogP contribution in [0.25, 0.3) is 0 Å². The average Bonchev–Trinajstić information content (AvgIpc) is 2.95. The predicted molar refractivity (Wildman–Crippen MR) is 185 cm³/mol. The van der Waals surface area contributed by atoms with Gasteiger partial charge in [0.25, 0.3) is 0 Å². The van der Waals surface area contributed by atoms with Crippen molar-refractivity contribution in [3.63, 3.8) is 0 Å². The Morgan fingerprint density at radius 3 is 2.39 bits per heavy atom. The van der Waals surface area contributed by atoms with Crippen LogP contribution in [-0.2, 0) is 0 Å². The van der Waals surface area contributed by atoms with Crippen LogP contribution >= 0.6 is 0 Å². The first-order valence-electron chi connectivity index (χ1n) is 15.9. The average molecular weight is 552 g/mol. The van der Waals surface area contributed by atoms with Gasteiger partial charge in [-0.1, -0.05) is 123 Å². The van der Waals surface area contributed by atoms with Crippen molar-refractivity contribution in [2.45, 2.75) is 105 Å². The van der Waals surface area contributed by atoms with E-state index in [1.54, 1.807) is 5.57 Å². The topological polar surface area (TPSA) is 12.0 Å². The van der Waals surface area contributed by atoms with Crippen LogP contribution in [0.3, 0.4) is 0 Å². The number of nitrogens with one attached hydrogen (secondary N) is 1. The van der Waals surface area contributed by atoms with E-state index in [0.717, 1.165) is 61.8 Å². The lowest BCUT2D eigenvalue weighted by molar-refractivity contribution is 0.480.